The summed E-state index contributed by atoms with van der Waals surface area (Å²) in [5.41, 5.74) is 0.0807. The highest BCUT2D eigenvalue weighted by Gasteiger charge is 2.35. The van der Waals surface area contributed by atoms with Gasteiger partial charge in [0.1, 0.15) is 0 Å². The van der Waals surface area contributed by atoms with Crippen LogP contribution in [0.15, 0.2) is 18.2 Å². The van der Waals surface area contributed by atoms with E-state index < -0.39 is 17.9 Å². The molecule has 0 atom stereocenters. The van der Waals surface area contributed by atoms with Crippen molar-refractivity contribution in [2.24, 2.45) is 11.8 Å². The molecule has 1 aromatic carbocycles. The Balaban J connectivity index is 1.80. The minimum atomic E-state index is -4.97. The van der Waals surface area contributed by atoms with Crippen molar-refractivity contribution in [3.05, 3.63) is 29.6 Å². The lowest BCUT2D eigenvalue weighted by Crippen LogP contribution is -2.22. The summed E-state index contributed by atoms with van der Waals surface area (Å²) in [5, 5.41) is 0. The van der Waals surface area contributed by atoms with Gasteiger partial charge in [-0.15, -0.1) is 13.2 Å². The van der Waals surface area contributed by atoms with E-state index in [1.54, 1.807) is 0 Å². The van der Waals surface area contributed by atoms with E-state index >= 15 is 0 Å². The second kappa shape index (κ2) is 7.03. The Labute approximate surface area is 138 Å². The molecule has 0 saturated heterocycles. The molecule has 1 aromatic rings. The second-order valence-electron chi connectivity index (χ2n) is 6.50. The fraction of sp³-hybridized carbons (Fsp3) is 0.556. The van der Waals surface area contributed by atoms with E-state index in [0.29, 0.717) is 11.8 Å². The van der Waals surface area contributed by atoms with Crippen molar-refractivity contribution in [2.45, 2.75) is 44.9 Å². The molecule has 0 radical (unpaired) electrons. The lowest BCUT2D eigenvalue weighted by Gasteiger charge is -2.26. The number of alkyl halides is 3. The van der Waals surface area contributed by atoms with Crippen molar-refractivity contribution >= 4 is 6.08 Å². The topological polar surface area (TPSA) is 18.5 Å². The largest absolute Gasteiger partial charge is 0.573 e. The van der Waals surface area contributed by atoms with Crippen LogP contribution in [0.3, 0.4) is 0 Å². The Morgan fingerprint density at radius 3 is 2.33 bits per heavy atom. The first-order chi connectivity index (χ1) is 11.4. The standard InChI is InChI=1S/C18H20F4O2/c19-16-14(8-7-12-3-1-4-12)9-10-15(17(16)24-18(20,21)22)23-11-13-5-2-6-13/h7-10,12-13H,1-6,11H2/b8-7+. The lowest BCUT2D eigenvalue weighted by molar-refractivity contribution is -0.276. The van der Waals surface area contributed by atoms with Crippen molar-refractivity contribution in [1.82, 2.24) is 0 Å². The summed E-state index contributed by atoms with van der Waals surface area (Å²) < 4.78 is 61.7. The second-order valence-corrected chi connectivity index (χ2v) is 6.50. The molecule has 2 saturated carbocycles. The summed E-state index contributed by atoms with van der Waals surface area (Å²) in [7, 11) is 0. The summed E-state index contributed by atoms with van der Waals surface area (Å²) in [6.45, 7) is 0.283. The third-order valence-electron chi connectivity index (χ3n) is 4.71. The molecule has 0 unspecified atom stereocenters. The van der Waals surface area contributed by atoms with Gasteiger partial charge in [0.05, 0.1) is 6.61 Å². The van der Waals surface area contributed by atoms with E-state index in [0.717, 1.165) is 38.5 Å². The molecule has 132 valence electrons. The Kier molecular flexibility index (Phi) is 5.01. The highest BCUT2D eigenvalue weighted by atomic mass is 19.4. The van der Waals surface area contributed by atoms with Gasteiger partial charge < -0.3 is 9.47 Å². The molecule has 2 aliphatic carbocycles. The number of ether oxygens (including phenoxy) is 2. The molecule has 24 heavy (non-hydrogen) atoms. The normalized spacial score (nSPS) is 19.2. The van der Waals surface area contributed by atoms with Crippen molar-refractivity contribution < 1.29 is 27.0 Å². The zero-order valence-electron chi connectivity index (χ0n) is 13.2. The average molecular weight is 344 g/mol. The minimum absolute atomic E-state index is 0.0807. The van der Waals surface area contributed by atoms with Crippen LogP contribution in [0, 0.1) is 17.7 Å². The van der Waals surface area contributed by atoms with Crippen LogP contribution in [0.5, 0.6) is 11.5 Å². The van der Waals surface area contributed by atoms with E-state index in [1.807, 2.05) is 6.08 Å². The summed E-state index contributed by atoms with van der Waals surface area (Å²) >= 11 is 0. The van der Waals surface area contributed by atoms with Gasteiger partial charge >= 0.3 is 6.36 Å². The predicted molar refractivity (Wildman–Crippen MR) is 82.3 cm³/mol. The van der Waals surface area contributed by atoms with E-state index in [2.05, 4.69) is 4.74 Å². The number of hydrogen-bond donors (Lipinski definition) is 0. The zero-order valence-corrected chi connectivity index (χ0v) is 13.2. The maximum atomic E-state index is 14.5. The SMILES string of the molecule is Fc1c(/C=C/C2CCC2)ccc(OCC2CCC2)c1OC(F)(F)F. The molecule has 0 aliphatic heterocycles. The highest BCUT2D eigenvalue weighted by Crippen LogP contribution is 2.38. The van der Waals surface area contributed by atoms with E-state index in [4.69, 9.17) is 4.74 Å². The molecule has 0 aromatic heterocycles. The molecular weight excluding hydrogens is 324 g/mol. The summed E-state index contributed by atoms with van der Waals surface area (Å²) in [6.07, 6.45) is 4.67. The van der Waals surface area contributed by atoms with E-state index in [9.17, 15) is 17.6 Å². The van der Waals surface area contributed by atoms with Gasteiger partial charge in [-0.2, -0.15) is 0 Å². The maximum absolute atomic E-state index is 14.5. The van der Waals surface area contributed by atoms with Gasteiger partial charge in [-0.05, 0) is 49.7 Å². The molecule has 0 spiro atoms. The van der Waals surface area contributed by atoms with Crippen molar-refractivity contribution in [1.29, 1.82) is 0 Å². The number of allylic oxidation sites excluding steroid dienone is 1. The van der Waals surface area contributed by atoms with Gasteiger partial charge in [-0.3, -0.25) is 0 Å². The molecule has 2 aliphatic rings. The summed E-state index contributed by atoms with van der Waals surface area (Å²) in [5.74, 6) is -1.40. The Hall–Kier alpha value is -1.72. The number of halogens is 4. The van der Waals surface area contributed by atoms with Crippen molar-refractivity contribution in [2.75, 3.05) is 6.61 Å². The zero-order chi connectivity index (χ0) is 17.2. The van der Waals surface area contributed by atoms with Crippen LogP contribution in [0.4, 0.5) is 17.6 Å². The van der Waals surface area contributed by atoms with E-state index in [1.165, 1.54) is 18.2 Å². The quantitative estimate of drug-likeness (QED) is 0.615. The number of hydrogen-bond acceptors (Lipinski definition) is 2. The van der Waals surface area contributed by atoms with Crippen LogP contribution >= 0.6 is 0 Å². The van der Waals surface area contributed by atoms with Gasteiger partial charge in [-0.1, -0.05) is 25.0 Å². The smallest absolute Gasteiger partial charge is 0.489 e. The van der Waals surface area contributed by atoms with Crippen molar-refractivity contribution in [3.63, 3.8) is 0 Å². The van der Waals surface area contributed by atoms with Crippen LogP contribution < -0.4 is 9.47 Å². The molecular formula is C18H20F4O2. The van der Waals surface area contributed by atoms with Crippen molar-refractivity contribution in [3.8, 4) is 11.5 Å². The molecule has 0 amide bonds. The maximum Gasteiger partial charge on any atom is 0.573 e. The summed E-state index contributed by atoms with van der Waals surface area (Å²) in [6, 6.07) is 2.78. The number of benzene rings is 1. The minimum Gasteiger partial charge on any atom is -0.489 e. The molecule has 0 bridgehead atoms. The molecule has 0 heterocycles. The molecule has 2 fully saturated rings. The van der Waals surface area contributed by atoms with Gasteiger partial charge in [0, 0.05) is 5.56 Å². The van der Waals surface area contributed by atoms with Crippen LogP contribution in [0.1, 0.15) is 44.1 Å². The molecule has 2 nitrogen and oxygen atoms in total. The summed E-state index contributed by atoms with van der Waals surface area (Å²) in [4.78, 5) is 0. The lowest BCUT2D eigenvalue weighted by atomic mass is 9.85. The average Bonchev–Trinajstić information content (AvgIpc) is 2.40. The van der Waals surface area contributed by atoms with Crippen LogP contribution in [0.25, 0.3) is 6.08 Å². The van der Waals surface area contributed by atoms with Gasteiger partial charge in [0.2, 0.25) is 5.75 Å². The first-order valence-electron chi connectivity index (χ1n) is 8.31. The first-order valence-corrected chi connectivity index (χ1v) is 8.31. The monoisotopic (exact) mass is 344 g/mol. The Bertz CT molecular complexity index is 602. The van der Waals surface area contributed by atoms with Gasteiger partial charge in [-0.25, -0.2) is 4.39 Å². The fourth-order valence-electron chi connectivity index (χ4n) is 2.75. The molecule has 0 N–H and O–H groups in total. The highest BCUT2D eigenvalue weighted by molar-refractivity contribution is 5.57. The van der Waals surface area contributed by atoms with Crippen LogP contribution in [0.2, 0.25) is 0 Å². The van der Waals surface area contributed by atoms with Crippen LogP contribution in [-0.2, 0) is 0 Å². The van der Waals surface area contributed by atoms with Gasteiger partial charge in [0.15, 0.2) is 11.6 Å². The Morgan fingerprint density at radius 1 is 1.08 bits per heavy atom. The Morgan fingerprint density at radius 2 is 1.79 bits per heavy atom. The third kappa shape index (κ3) is 4.22. The molecule has 3 rings (SSSR count). The van der Waals surface area contributed by atoms with Gasteiger partial charge in [0.25, 0.3) is 0 Å². The van der Waals surface area contributed by atoms with Crippen LogP contribution in [-0.4, -0.2) is 13.0 Å². The fourth-order valence-corrected chi connectivity index (χ4v) is 2.75. The predicted octanol–water partition coefficient (Wildman–Crippen LogP) is 5.72. The number of rotatable bonds is 6. The van der Waals surface area contributed by atoms with E-state index in [-0.39, 0.29) is 17.9 Å². The molecule has 6 heteroatoms. The first kappa shape index (κ1) is 17.1. The third-order valence-corrected chi connectivity index (χ3v) is 4.71.